The van der Waals surface area contributed by atoms with Gasteiger partial charge in [0.1, 0.15) is 5.75 Å². The summed E-state index contributed by atoms with van der Waals surface area (Å²) >= 11 is 0. The van der Waals surface area contributed by atoms with Crippen molar-refractivity contribution in [3.8, 4) is 5.75 Å². The predicted molar refractivity (Wildman–Crippen MR) is 121 cm³/mol. The van der Waals surface area contributed by atoms with Crippen molar-refractivity contribution in [2.45, 2.75) is 37.6 Å². The molecule has 1 saturated heterocycles. The molecular weight excluding hydrogens is 471 g/mol. The lowest BCUT2D eigenvalue weighted by molar-refractivity contribution is -0.274. The van der Waals surface area contributed by atoms with Gasteiger partial charge in [0, 0.05) is 25.2 Å². The van der Waals surface area contributed by atoms with Gasteiger partial charge in [-0.1, -0.05) is 35.9 Å². The number of sulfonamides is 1. The number of ether oxygens (including phenoxy) is 1. The summed E-state index contributed by atoms with van der Waals surface area (Å²) in [7, 11) is -3.61. The zero-order valence-electron chi connectivity index (χ0n) is 18.8. The van der Waals surface area contributed by atoms with Crippen molar-refractivity contribution in [2.24, 2.45) is 5.92 Å². The smallest absolute Gasteiger partial charge is 0.405 e. The Morgan fingerprint density at radius 2 is 1.85 bits per heavy atom. The van der Waals surface area contributed by atoms with Gasteiger partial charge in [-0.2, -0.15) is 0 Å². The minimum atomic E-state index is -4.82. The molecule has 0 aliphatic carbocycles. The van der Waals surface area contributed by atoms with Crippen LogP contribution in [0, 0.1) is 12.8 Å². The molecule has 7 nitrogen and oxygen atoms in total. The van der Waals surface area contributed by atoms with E-state index in [1.54, 1.807) is 30.3 Å². The number of benzene rings is 2. The number of carbonyl (C=O) groups is 1. The molecule has 186 valence electrons. The number of aryl methyl sites for hydroxylation is 1. The summed E-state index contributed by atoms with van der Waals surface area (Å²) < 4.78 is 69.3. The first kappa shape index (κ1) is 26.0. The van der Waals surface area contributed by atoms with Crippen molar-refractivity contribution in [3.05, 3.63) is 59.7 Å². The first-order valence-corrected chi connectivity index (χ1v) is 12.4. The average Bonchev–Trinajstić information content (AvgIpc) is 2.77. The van der Waals surface area contributed by atoms with Crippen molar-refractivity contribution in [1.29, 1.82) is 0 Å². The molecule has 0 saturated carbocycles. The number of carbonyl (C=O) groups excluding carboxylic acids is 1. The van der Waals surface area contributed by atoms with Crippen LogP contribution in [0.4, 0.5) is 13.2 Å². The summed E-state index contributed by atoms with van der Waals surface area (Å²) in [6.45, 7) is 3.34. The number of nitrogens with one attached hydrogen (secondary N) is 2. The maximum atomic E-state index is 12.6. The lowest BCUT2D eigenvalue weighted by Crippen LogP contribution is -2.45. The SMILES string of the molecule is Cc1ccc(S(=O)(=O)NCC2CCCN(CC(=O)NCc3ccccc3OC(F)(F)F)C2)cc1. The van der Waals surface area contributed by atoms with Crippen LogP contribution in [0.15, 0.2) is 53.4 Å². The van der Waals surface area contributed by atoms with Crippen LogP contribution < -0.4 is 14.8 Å². The number of para-hydroxylation sites is 1. The summed E-state index contributed by atoms with van der Waals surface area (Å²) in [5, 5.41) is 2.63. The summed E-state index contributed by atoms with van der Waals surface area (Å²) in [5.41, 5.74) is 1.19. The first-order chi connectivity index (χ1) is 16.0. The van der Waals surface area contributed by atoms with Crippen LogP contribution in [0.25, 0.3) is 0 Å². The van der Waals surface area contributed by atoms with E-state index < -0.39 is 16.4 Å². The summed E-state index contributed by atoms with van der Waals surface area (Å²) in [4.78, 5) is 14.5. The molecule has 0 radical (unpaired) electrons. The van der Waals surface area contributed by atoms with Crippen LogP contribution >= 0.6 is 0 Å². The van der Waals surface area contributed by atoms with Gasteiger partial charge in [-0.3, -0.25) is 9.69 Å². The minimum Gasteiger partial charge on any atom is -0.405 e. The largest absolute Gasteiger partial charge is 0.573 e. The second kappa shape index (κ2) is 11.2. The molecule has 0 bridgehead atoms. The maximum Gasteiger partial charge on any atom is 0.573 e. The lowest BCUT2D eigenvalue weighted by atomic mass is 9.98. The highest BCUT2D eigenvalue weighted by Gasteiger charge is 2.32. The third kappa shape index (κ3) is 8.00. The average molecular weight is 500 g/mol. The fourth-order valence-corrected chi connectivity index (χ4v) is 4.93. The van der Waals surface area contributed by atoms with E-state index >= 15 is 0 Å². The van der Waals surface area contributed by atoms with Crippen LogP contribution in [0.3, 0.4) is 0 Å². The molecule has 1 heterocycles. The minimum absolute atomic E-state index is 0.0442. The van der Waals surface area contributed by atoms with E-state index in [0.717, 1.165) is 18.4 Å². The number of nitrogens with zero attached hydrogens (tertiary/aromatic N) is 1. The molecule has 1 aliphatic rings. The van der Waals surface area contributed by atoms with Gasteiger partial charge >= 0.3 is 6.36 Å². The third-order valence-corrected chi connectivity index (χ3v) is 6.98. The van der Waals surface area contributed by atoms with E-state index in [0.29, 0.717) is 13.1 Å². The standard InChI is InChI=1S/C23H28F3N3O4S/c1-17-8-10-20(11-9-17)34(31,32)28-13-18-5-4-12-29(15-18)16-22(30)27-14-19-6-2-3-7-21(19)33-23(24,25)26/h2-3,6-11,18,28H,4-5,12-16H2,1H3,(H,27,30). The number of rotatable bonds is 9. The summed E-state index contributed by atoms with van der Waals surface area (Å²) in [6, 6.07) is 12.2. The molecule has 11 heteroatoms. The highest BCUT2D eigenvalue weighted by atomic mass is 32.2. The highest BCUT2D eigenvalue weighted by Crippen LogP contribution is 2.26. The third-order valence-electron chi connectivity index (χ3n) is 5.54. The van der Waals surface area contributed by atoms with Crippen molar-refractivity contribution in [3.63, 3.8) is 0 Å². The van der Waals surface area contributed by atoms with E-state index in [2.05, 4.69) is 14.8 Å². The van der Waals surface area contributed by atoms with Crippen LogP contribution in [0.5, 0.6) is 5.75 Å². The summed E-state index contributed by atoms with van der Waals surface area (Å²) in [6.07, 6.45) is -3.17. The Labute approximate surface area is 197 Å². The van der Waals surface area contributed by atoms with Crippen molar-refractivity contribution in [1.82, 2.24) is 14.9 Å². The Morgan fingerprint density at radius 3 is 2.56 bits per heavy atom. The van der Waals surface area contributed by atoms with Gasteiger partial charge in [-0.25, -0.2) is 13.1 Å². The Hall–Kier alpha value is -2.63. The van der Waals surface area contributed by atoms with Crippen molar-refractivity contribution < 1.29 is 31.1 Å². The monoisotopic (exact) mass is 499 g/mol. The Kier molecular flexibility index (Phi) is 8.56. The highest BCUT2D eigenvalue weighted by molar-refractivity contribution is 7.89. The van der Waals surface area contributed by atoms with Crippen molar-refractivity contribution in [2.75, 3.05) is 26.2 Å². The van der Waals surface area contributed by atoms with E-state index in [1.165, 1.54) is 18.2 Å². The zero-order valence-corrected chi connectivity index (χ0v) is 19.6. The first-order valence-electron chi connectivity index (χ1n) is 10.9. The predicted octanol–water partition coefficient (Wildman–Crippen LogP) is 3.20. The molecule has 0 spiro atoms. The number of piperidine rings is 1. The molecular formula is C23H28F3N3O4S. The number of hydrogen-bond donors (Lipinski definition) is 2. The zero-order chi connectivity index (χ0) is 24.8. The molecule has 3 rings (SSSR count). The van der Waals surface area contributed by atoms with Crippen LogP contribution in [0.2, 0.25) is 0 Å². The van der Waals surface area contributed by atoms with Gasteiger partial charge in [0.15, 0.2) is 0 Å². The molecule has 34 heavy (non-hydrogen) atoms. The molecule has 0 aromatic heterocycles. The van der Waals surface area contributed by atoms with E-state index in [9.17, 15) is 26.4 Å². The normalized spacial score (nSPS) is 17.4. The molecule has 1 amide bonds. The molecule has 1 aliphatic heterocycles. The second-order valence-electron chi connectivity index (χ2n) is 8.34. The second-order valence-corrected chi connectivity index (χ2v) is 10.1. The van der Waals surface area contributed by atoms with Crippen LogP contribution in [-0.2, 0) is 21.4 Å². The van der Waals surface area contributed by atoms with E-state index in [1.807, 2.05) is 11.8 Å². The Morgan fingerprint density at radius 1 is 1.15 bits per heavy atom. The van der Waals surface area contributed by atoms with Gasteiger partial charge in [-0.15, -0.1) is 13.2 Å². The van der Waals surface area contributed by atoms with E-state index in [4.69, 9.17) is 0 Å². The number of amides is 1. The fraction of sp³-hybridized carbons (Fsp3) is 0.435. The fourth-order valence-electron chi connectivity index (χ4n) is 3.82. The lowest BCUT2D eigenvalue weighted by Gasteiger charge is -2.32. The van der Waals surface area contributed by atoms with E-state index in [-0.39, 0.29) is 47.7 Å². The van der Waals surface area contributed by atoms with Crippen LogP contribution in [-0.4, -0.2) is 51.8 Å². The number of likely N-dealkylation sites (tertiary alicyclic amines) is 1. The summed E-state index contributed by atoms with van der Waals surface area (Å²) in [5.74, 6) is -0.639. The van der Waals surface area contributed by atoms with Gasteiger partial charge in [0.2, 0.25) is 15.9 Å². The Balaban J connectivity index is 1.48. The van der Waals surface area contributed by atoms with Crippen LogP contribution in [0.1, 0.15) is 24.0 Å². The number of halogens is 3. The molecule has 1 fully saturated rings. The van der Waals surface area contributed by atoms with Crippen molar-refractivity contribution >= 4 is 15.9 Å². The number of alkyl halides is 3. The number of hydrogen-bond acceptors (Lipinski definition) is 5. The van der Waals surface area contributed by atoms with Gasteiger partial charge in [0.05, 0.1) is 11.4 Å². The quantitative estimate of drug-likeness (QED) is 0.553. The molecule has 1 atom stereocenters. The van der Waals surface area contributed by atoms with Gasteiger partial charge in [0.25, 0.3) is 0 Å². The topological polar surface area (TPSA) is 87.7 Å². The van der Waals surface area contributed by atoms with Gasteiger partial charge < -0.3 is 10.1 Å². The van der Waals surface area contributed by atoms with Gasteiger partial charge in [-0.05, 0) is 50.4 Å². The molecule has 2 N–H and O–H groups in total. The molecule has 2 aromatic rings. The Bertz CT molecular complexity index is 1080. The maximum absolute atomic E-state index is 12.6. The molecule has 1 unspecified atom stereocenters. The molecule has 2 aromatic carbocycles.